The summed E-state index contributed by atoms with van der Waals surface area (Å²) in [5.41, 5.74) is 3.47. The molecule has 0 fully saturated rings. The van der Waals surface area contributed by atoms with Crippen LogP contribution in [0.15, 0.2) is 47.1 Å². The molecule has 0 unspecified atom stereocenters. The molecule has 0 bridgehead atoms. The molecule has 1 heteroatoms. The van der Waals surface area contributed by atoms with Gasteiger partial charge in [-0.3, -0.25) is 4.99 Å². The molecule has 0 saturated carbocycles. The SMILES string of the molecule is CC(C)(C)CC1=CCC=N1.CC(C)(C)Cc1ccccc1. The highest BCUT2D eigenvalue weighted by atomic mass is 14.7. The van der Waals surface area contributed by atoms with Crippen LogP contribution in [0.3, 0.4) is 0 Å². The minimum atomic E-state index is 0.382. The van der Waals surface area contributed by atoms with E-state index in [0.717, 1.165) is 19.3 Å². The lowest BCUT2D eigenvalue weighted by atomic mass is 9.88. The third-order valence-corrected chi connectivity index (χ3v) is 3.00. The van der Waals surface area contributed by atoms with Crippen molar-refractivity contribution in [3.8, 4) is 0 Å². The molecule has 2 rings (SSSR count). The van der Waals surface area contributed by atoms with Crippen LogP contribution < -0.4 is 0 Å². The summed E-state index contributed by atoms with van der Waals surface area (Å²) >= 11 is 0. The number of hydrogen-bond acceptors (Lipinski definition) is 1. The van der Waals surface area contributed by atoms with Crippen molar-refractivity contribution in [1.82, 2.24) is 0 Å². The second-order valence-electron chi connectivity index (χ2n) is 8.20. The predicted molar refractivity (Wildman–Crippen MR) is 94.9 cm³/mol. The molecule has 0 aliphatic carbocycles. The summed E-state index contributed by atoms with van der Waals surface area (Å²) in [5.74, 6) is 0. The van der Waals surface area contributed by atoms with Crippen LogP contribution >= 0.6 is 0 Å². The van der Waals surface area contributed by atoms with Crippen molar-refractivity contribution >= 4 is 6.21 Å². The molecule has 1 aromatic rings. The van der Waals surface area contributed by atoms with Crippen LogP contribution in [-0.2, 0) is 6.42 Å². The Labute approximate surface area is 131 Å². The van der Waals surface area contributed by atoms with E-state index in [9.17, 15) is 0 Å². The second-order valence-corrected chi connectivity index (χ2v) is 8.20. The molecule has 0 aromatic heterocycles. The van der Waals surface area contributed by atoms with Crippen molar-refractivity contribution in [1.29, 1.82) is 0 Å². The highest BCUT2D eigenvalue weighted by Gasteiger charge is 2.13. The first-order valence-electron chi connectivity index (χ1n) is 7.91. The normalized spacial score (nSPS) is 14.5. The van der Waals surface area contributed by atoms with Crippen LogP contribution in [-0.4, -0.2) is 6.21 Å². The first-order chi connectivity index (χ1) is 9.66. The first kappa shape index (κ1) is 17.7. The summed E-state index contributed by atoms with van der Waals surface area (Å²) in [7, 11) is 0. The molecular weight excluding hydrogens is 254 g/mol. The van der Waals surface area contributed by atoms with Crippen molar-refractivity contribution in [3.05, 3.63) is 47.7 Å². The summed E-state index contributed by atoms with van der Waals surface area (Å²) in [4.78, 5) is 4.26. The molecule has 1 aromatic carbocycles. The van der Waals surface area contributed by atoms with Gasteiger partial charge >= 0.3 is 0 Å². The number of benzene rings is 1. The molecule has 1 heterocycles. The monoisotopic (exact) mass is 285 g/mol. The molecule has 0 atom stereocenters. The Kier molecular flexibility index (Phi) is 6.39. The van der Waals surface area contributed by atoms with Crippen molar-refractivity contribution in [2.45, 2.75) is 60.8 Å². The lowest BCUT2D eigenvalue weighted by Crippen LogP contribution is -2.08. The fraction of sp³-hybridized carbons (Fsp3) is 0.550. The van der Waals surface area contributed by atoms with E-state index in [2.05, 4.69) is 82.9 Å². The van der Waals surface area contributed by atoms with Crippen LogP contribution in [0.4, 0.5) is 0 Å². The van der Waals surface area contributed by atoms with Gasteiger partial charge in [-0.2, -0.15) is 0 Å². The summed E-state index contributed by atoms with van der Waals surface area (Å²) in [6.45, 7) is 13.5. The zero-order valence-corrected chi connectivity index (χ0v) is 14.6. The van der Waals surface area contributed by atoms with Gasteiger partial charge in [0.2, 0.25) is 0 Å². The molecule has 21 heavy (non-hydrogen) atoms. The second kappa shape index (κ2) is 7.59. The number of rotatable bonds is 2. The predicted octanol–water partition coefficient (Wildman–Crippen LogP) is 6.06. The molecule has 0 N–H and O–H groups in total. The third kappa shape index (κ3) is 9.23. The Balaban J connectivity index is 0.000000211. The van der Waals surface area contributed by atoms with Gasteiger partial charge in [-0.05, 0) is 29.2 Å². The molecule has 0 amide bonds. The number of nitrogens with zero attached hydrogens (tertiary/aromatic N) is 1. The highest BCUT2D eigenvalue weighted by molar-refractivity contribution is 5.64. The van der Waals surface area contributed by atoms with Gasteiger partial charge in [0.25, 0.3) is 0 Å². The van der Waals surface area contributed by atoms with E-state index in [4.69, 9.17) is 0 Å². The minimum Gasteiger partial charge on any atom is -0.266 e. The molecule has 0 saturated heterocycles. The Morgan fingerprint density at radius 1 is 0.857 bits per heavy atom. The van der Waals surface area contributed by atoms with E-state index < -0.39 is 0 Å². The van der Waals surface area contributed by atoms with Gasteiger partial charge in [-0.1, -0.05) is 78.0 Å². The van der Waals surface area contributed by atoms with Crippen LogP contribution in [0.25, 0.3) is 0 Å². The van der Waals surface area contributed by atoms with Gasteiger partial charge < -0.3 is 0 Å². The van der Waals surface area contributed by atoms with E-state index in [1.807, 2.05) is 6.21 Å². The molecule has 1 nitrogen and oxygen atoms in total. The standard InChI is InChI=1S/C11H16.C9H15N/c1-11(2,3)9-10-7-5-4-6-8-10;1-9(2,3)7-8-5-4-6-10-8/h4-8H,9H2,1-3H3;5-6H,4,7H2,1-3H3. The van der Waals surface area contributed by atoms with E-state index in [0.29, 0.717) is 10.8 Å². The largest absolute Gasteiger partial charge is 0.266 e. The number of aliphatic imine (C=N–C) groups is 1. The Bertz CT molecular complexity index is 467. The lowest BCUT2D eigenvalue weighted by molar-refractivity contribution is 0.408. The average Bonchev–Trinajstić information content (AvgIpc) is 2.79. The number of hydrogen-bond donors (Lipinski definition) is 0. The smallest absolute Gasteiger partial charge is 0.0368 e. The van der Waals surface area contributed by atoms with E-state index >= 15 is 0 Å². The highest BCUT2D eigenvalue weighted by Crippen LogP contribution is 2.26. The molecule has 0 spiro atoms. The van der Waals surface area contributed by atoms with Gasteiger partial charge in [-0.15, -0.1) is 0 Å². The fourth-order valence-corrected chi connectivity index (χ4v) is 2.28. The Morgan fingerprint density at radius 2 is 1.43 bits per heavy atom. The summed E-state index contributed by atoms with van der Waals surface area (Å²) < 4.78 is 0. The van der Waals surface area contributed by atoms with Gasteiger partial charge in [0.1, 0.15) is 0 Å². The molecule has 1 aliphatic heterocycles. The topological polar surface area (TPSA) is 12.4 Å². The van der Waals surface area contributed by atoms with Crippen molar-refractivity contribution < 1.29 is 0 Å². The van der Waals surface area contributed by atoms with Crippen LogP contribution in [0.1, 0.15) is 59.9 Å². The maximum atomic E-state index is 4.26. The summed E-state index contributed by atoms with van der Waals surface area (Å²) in [6.07, 6.45) is 7.47. The Morgan fingerprint density at radius 3 is 1.86 bits per heavy atom. The lowest BCUT2D eigenvalue weighted by Gasteiger charge is -2.17. The van der Waals surface area contributed by atoms with Gasteiger partial charge in [0.05, 0.1) is 0 Å². The molecule has 0 radical (unpaired) electrons. The fourth-order valence-electron chi connectivity index (χ4n) is 2.28. The van der Waals surface area contributed by atoms with Crippen LogP contribution in [0.5, 0.6) is 0 Å². The van der Waals surface area contributed by atoms with E-state index in [1.165, 1.54) is 11.3 Å². The van der Waals surface area contributed by atoms with Gasteiger partial charge in [0.15, 0.2) is 0 Å². The zero-order valence-electron chi connectivity index (χ0n) is 14.6. The summed E-state index contributed by atoms with van der Waals surface area (Å²) in [6, 6.07) is 10.6. The van der Waals surface area contributed by atoms with E-state index in [1.54, 1.807) is 0 Å². The first-order valence-corrected chi connectivity index (χ1v) is 7.91. The third-order valence-electron chi connectivity index (χ3n) is 3.00. The van der Waals surface area contributed by atoms with Crippen molar-refractivity contribution in [2.75, 3.05) is 0 Å². The zero-order chi connectivity index (χ0) is 15.9. The maximum Gasteiger partial charge on any atom is 0.0368 e. The molecule has 1 aliphatic rings. The summed E-state index contributed by atoms with van der Waals surface area (Å²) in [5, 5.41) is 0. The van der Waals surface area contributed by atoms with Crippen LogP contribution in [0, 0.1) is 10.8 Å². The van der Waals surface area contributed by atoms with Crippen LogP contribution in [0.2, 0.25) is 0 Å². The molecular formula is C20H31N. The van der Waals surface area contributed by atoms with Gasteiger partial charge in [-0.25, -0.2) is 0 Å². The average molecular weight is 285 g/mol. The Hall–Kier alpha value is -1.37. The quantitative estimate of drug-likeness (QED) is 0.626. The van der Waals surface area contributed by atoms with E-state index in [-0.39, 0.29) is 0 Å². The minimum absolute atomic E-state index is 0.382. The van der Waals surface area contributed by atoms with Crippen molar-refractivity contribution in [3.63, 3.8) is 0 Å². The maximum absolute atomic E-state index is 4.26. The van der Waals surface area contributed by atoms with Gasteiger partial charge in [0, 0.05) is 18.3 Å². The number of allylic oxidation sites excluding steroid dienone is 2. The molecule has 116 valence electrons. The van der Waals surface area contributed by atoms with Crippen molar-refractivity contribution in [2.24, 2.45) is 15.8 Å².